The maximum atomic E-state index is 13.8. The summed E-state index contributed by atoms with van der Waals surface area (Å²) in [7, 11) is 1.44. The molecular weight excluding hydrogens is 566 g/mol. The molecule has 0 radical (unpaired) electrons. The molecule has 224 valence electrons. The zero-order valence-corrected chi connectivity index (χ0v) is 24.2. The minimum Gasteiger partial charge on any atom is -0.593 e. The molecular formula is C29H34F2N6O4S. The number of hydrazine groups is 1. The van der Waals surface area contributed by atoms with Gasteiger partial charge in [0.2, 0.25) is 4.90 Å². The lowest BCUT2D eigenvalue weighted by molar-refractivity contribution is -0.137. The number of hydrogen-bond acceptors (Lipinski definition) is 9. The summed E-state index contributed by atoms with van der Waals surface area (Å²) < 4.78 is 47.0. The van der Waals surface area contributed by atoms with E-state index in [0.717, 1.165) is 41.3 Å². The Morgan fingerprint density at radius 1 is 1.29 bits per heavy atom. The van der Waals surface area contributed by atoms with Crippen molar-refractivity contribution in [3.63, 3.8) is 0 Å². The molecule has 3 aromatic rings. The smallest absolute Gasteiger partial charge is 0.387 e. The number of alkyl halides is 2. The Bertz CT molecular complexity index is 1460. The summed E-state index contributed by atoms with van der Waals surface area (Å²) in [4.78, 5) is 19.4. The molecule has 10 nitrogen and oxygen atoms in total. The van der Waals surface area contributed by atoms with Crippen LogP contribution in [0.2, 0.25) is 0 Å². The van der Waals surface area contributed by atoms with Gasteiger partial charge in [-0.05, 0) is 60.2 Å². The number of nitrogens with two attached hydrogens (primary N) is 2. The number of nitrogen functional groups attached to an aromatic ring is 1. The highest BCUT2D eigenvalue weighted by atomic mass is 32.2. The molecule has 1 fully saturated rings. The first-order chi connectivity index (χ1) is 20.0. The molecule has 3 heterocycles. The van der Waals surface area contributed by atoms with Crippen LogP contribution in [0.3, 0.4) is 0 Å². The van der Waals surface area contributed by atoms with Crippen LogP contribution >= 0.6 is 0 Å². The lowest BCUT2D eigenvalue weighted by atomic mass is 9.86. The van der Waals surface area contributed by atoms with Crippen LogP contribution in [0, 0.1) is 6.92 Å². The van der Waals surface area contributed by atoms with Crippen LogP contribution < -0.4 is 26.2 Å². The molecule has 0 spiro atoms. The minimum absolute atomic E-state index is 0.0668. The van der Waals surface area contributed by atoms with Gasteiger partial charge in [0.05, 0.1) is 36.6 Å². The molecule has 13 heteroatoms. The quantitative estimate of drug-likeness (QED) is 0.143. The molecule has 0 amide bonds. The number of nitrogens with zero attached hydrogens (tertiary/aromatic N) is 4. The van der Waals surface area contributed by atoms with Crippen molar-refractivity contribution in [2.75, 3.05) is 35.8 Å². The monoisotopic (exact) mass is 600 g/mol. The van der Waals surface area contributed by atoms with Crippen LogP contribution in [0.15, 0.2) is 53.6 Å². The van der Waals surface area contributed by atoms with E-state index in [-0.39, 0.29) is 29.6 Å². The second-order valence-electron chi connectivity index (χ2n) is 10.7. The van der Waals surface area contributed by atoms with Crippen molar-refractivity contribution in [3.8, 4) is 5.75 Å². The van der Waals surface area contributed by atoms with Crippen molar-refractivity contribution in [2.45, 2.75) is 56.2 Å². The highest BCUT2D eigenvalue weighted by Crippen LogP contribution is 2.41. The number of pyridine rings is 1. The first-order valence-electron chi connectivity index (χ1n) is 13.6. The maximum absolute atomic E-state index is 13.8. The Balaban J connectivity index is 1.52. The van der Waals surface area contributed by atoms with Crippen LogP contribution in [0.25, 0.3) is 0 Å². The van der Waals surface area contributed by atoms with Crippen molar-refractivity contribution in [1.29, 1.82) is 0 Å². The molecule has 3 atom stereocenters. The predicted octanol–water partition coefficient (Wildman–Crippen LogP) is 4.00. The first-order valence-corrected chi connectivity index (χ1v) is 14.7. The number of rotatable bonds is 9. The molecule has 0 aliphatic carbocycles. The Hall–Kier alpha value is -3.65. The molecule has 3 unspecified atom stereocenters. The number of carbonyl (C=O) groups is 1. The van der Waals surface area contributed by atoms with Gasteiger partial charge in [-0.1, -0.05) is 18.2 Å². The van der Waals surface area contributed by atoms with Crippen molar-refractivity contribution < 1.29 is 28.0 Å². The molecule has 2 aliphatic rings. The van der Waals surface area contributed by atoms with Crippen LogP contribution in [0.4, 0.5) is 26.0 Å². The molecule has 2 aromatic carbocycles. The van der Waals surface area contributed by atoms with E-state index in [1.807, 2.05) is 35.5 Å². The normalized spacial score (nSPS) is 19.3. The molecule has 0 saturated carbocycles. The Labute approximate surface area is 246 Å². The van der Waals surface area contributed by atoms with Crippen LogP contribution in [0.1, 0.15) is 47.4 Å². The van der Waals surface area contributed by atoms with Crippen molar-refractivity contribution in [2.24, 2.45) is 5.84 Å². The van der Waals surface area contributed by atoms with E-state index in [0.29, 0.717) is 29.1 Å². The van der Waals surface area contributed by atoms with Crippen LogP contribution in [-0.2, 0) is 22.7 Å². The summed E-state index contributed by atoms with van der Waals surface area (Å²) in [5, 5.41) is 10.9. The van der Waals surface area contributed by atoms with E-state index >= 15 is 0 Å². The summed E-state index contributed by atoms with van der Waals surface area (Å²) in [6.07, 6.45) is 3.41. The van der Waals surface area contributed by atoms with Gasteiger partial charge in [0.1, 0.15) is 5.69 Å². The maximum Gasteiger partial charge on any atom is 0.387 e. The number of carboxylic acid groups (broad SMARTS) is 1. The molecule has 5 N–H and O–H groups in total. The fourth-order valence-electron chi connectivity index (χ4n) is 5.89. The third kappa shape index (κ3) is 6.09. The Morgan fingerprint density at radius 3 is 2.79 bits per heavy atom. The zero-order chi connectivity index (χ0) is 30.1. The van der Waals surface area contributed by atoms with Crippen molar-refractivity contribution in [1.82, 2.24) is 9.29 Å². The largest absolute Gasteiger partial charge is 0.593 e. The number of fused-ring (bicyclic) bond motifs is 3. The summed E-state index contributed by atoms with van der Waals surface area (Å²) in [6.45, 7) is 0.632. The molecule has 0 bridgehead atoms. The number of halogens is 2. The van der Waals surface area contributed by atoms with E-state index < -0.39 is 29.9 Å². The van der Waals surface area contributed by atoms with Gasteiger partial charge in [-0.2, -0.15) is 8.78 Å². The average Bonchev–Trinajstić information content (AvgIpc) is 3.35. The van der Waals surface area contributed by atoms with E-state index in [9.17, 15) is 23.2 Å². The third-order valence-electron chi connectivity index (χ3n) is 7.84. The molecule has 2 aliphatic heterocycles. The topological polar surface area (TPSA) is 144 Å². The number of carboxylic acids is 1. The number of aliphatic carboxylic acids is 1. The van der Waals surface area contributed by atoms with Gasteiger partial charge in [0.25, 0.3) is 0 Å². The standard InChI is InChI=1S/C29H34F2N6O4S/c1-17-7-8-18(22(14-26(38)39)19-12-23(32)27(35(2)33)24(13-19)41-29(30)31)11-20(17)15-36-16-21-5-4-10-37(21)28-25(42(36)40)6-3-9-34-28/h3,6-9,11-13,21-22,29H,4-5,10,14-16,32-33H2,1-2H3,(H,38,39). The first kappa shape index (κ1) is 29.8. The number of aryl methyl sites for hydroxylation is 1. The number of aromatic nitrogens is 1. The van der Waals surface area contributed by atoms with Gasteiger partial charge in [-0.15, -0.1) is 4.31 Å². The molecule has 5 rings (SSSR count). The SMILES string of the molecule is Cc1ccc(C(CC(=O)O)c2cc(N)c(N(C)N)c(OC(F)F)c2)cc1CN1CC2CCCN2c2ncccc2[S+]1[O-]. The molecule has 1 aromatic heterocycles. The number of ether oxygens (including phenoxy) is 1. The summed E-state index contributed by atoms with van der Waals surface area (Å²) in [5.74, 6) is 4.53. The van der Waals surface area contributed by atoms with Gasteiger partial charge < -0.3 is 30.0 Å². The van der Waals surface area contributed by atoms with Crippen molar-refractivity contribution >= 4 is 34.5 Å². The lowest BCUT2D eigenvalue weighted by Gasteiger charge is -2.26. The number of anilines is 3. The second kappa shape index (κ2) is 12.3. The van der Waals surface area contributed by atoms with Crippen LogP contribution in [-0.4, -0.2) is 57.7 Å². The Kier molecular flexibility index (Phi) is 8.73. The highest BCUT2D eigenvalue weighted by molar-refractivity contribution is 7.89. The fourth-order valence-corrected chi connectivity index (χ4v) is 7.25. The van der Waals surface area contributed by atoms with Gasteiger partial charge in [-0.3, -0.25) is 4.79 Å². The minimum atomic E-state index is -3.13. The summed E-state index contributed by atoms with van der Waals surface area (Å²) in [6, 6.07) is 12.3. The van der Waals surface area contributed by atoms with Crippen LogP contribution in [0.5, 0.6) is 5.75 Å². The zero-order valence-electron chi connectivity index (χ0n) is 23.4. The van der Waals surface area contributed by atoms with E-state index in [4.69, 9.17) is 16.3 Å². The van der Waals surface area contributed by atoms with Gasteiger partial charge in [-0.25, -0.2) is 10.8 Å². The molecule has 1 saturated heterocycles. The summed E-state index contributed by atoms with van der Waals surface area (Å²) in [5.41, 5.74) is 9.21. The molecule has 42 heavy (non-hydrogen) atoms. The van der Waals surface area contributed by atoms with Gasteiger partial charge in [0.15, 0.2) is 11.6 Å². The number of benzene rings is 2. The van der Waals surface area contributed by atoms with E-state index in [1.54, 1.807) is 12.3 Å². The number of hydrogen-bond donors (Lipinski definition) is 3. The predicted molar refractivity (Wildman–Crippen MR) is 157 cm³/mol. The lowest BCUT2D eigenvalue weighted by Crippen LogP contribution is -2.39. The Morgan fingerprint density at radius 2 is 2.07 bits per heavy atom. The van der Waals surface area contributed by atoms with Crippen molar-refractivity contribution in [3.05, 3.63) is 70.9 Å². The fraction of sp³-hybridized carbons (Fsp3) is 0.379. The second-order valence-corrected chi connectivity index (χ2v) is 12.1. The van der Waals surface area contributed by atoms with E-state index in [1.165, 1.54) is 19.2 Å². The van der Waals surface area contributed by atoms with Gasteiger partial charge in [0, 0.05) is 37.8 Å². The van der Waals surface area contributed by atoms with E-state index in [2.05, 4.69) is 9.88 Å². The third-order valence-corrected chi connectivity index (χ3v) is 9.28. The highest BCUT2D eigenvalue weighted by Gasteiger charge is 2.40. The average molecular weight is 601 g/mol. The van der Waals surface area contributed by atoms with Gasteiger partial charge >= 0.3 is 12.6 Å². The summed E-state index contributed by atoms with van der Waals surface area (Å²) >= 11 is -1.46.